The lowest BCUT2D eigenvalue weighted by Crippen LogP contribution is -2.57. The predicted octanol–water partition coefficient (Wildman–Crippen LogP) is 3.73. The van der Waals surface area contributed by atoms with E-state index in [1.54, 1.807) is 12.1 Å². The van der Waals surface area contributed by atoms with Gasteiger partial charge in [0.05, 0.1) is 37.7 Å². The number of carbonyl (C=O) groups excluding carboxylic acids is 2. The average Bonchev–Trinajstić information content (AvgIpc) is 3.53. The molecule has 2 aromatic carbocycles. The number of anilines is 1. The number of fused-ring (bicyclic) bond motifs is 1. The normalized spacial score (nSPS) is 24.4. The maximum atomic E-state index is 13.8. The van der Waals surface area contributed by atoms with Crippen LogP contribution in [0.25, 0.3) is 0 Å². The number of rotatable bonds is 7. The number of aliphatic carboxylic acids is 1. The van der Waals surface area contributed by atoms with Crippen molar-refractivity contribution in [1.82, 2.24) is 5.32 Å². The van der Waals surface area contributed by atoms with E-state index >= 15 is 0 Å². The third-order valence-electron chi connectivity index (χ3n) is 6.87. The number of imide groups is 1. The van der Waals surface area contributed by atoms with Crippen LogP contribution in [0.2, 0.25) is 4.34 Å². The van der Waals surface area contributed by atoms with Gasteiger partial charge in [0.25, 0.3) is 11.4 Å². The second kappa shape index (κ2) is 9.28. The van der Waals surface area contributed by atoms with Gasteiger partial charge >= 0.3 is 5.97 Å². The molecule has 2 amide bonds. The Morgan fingerprint density at radius 3 is 2.29 bits per heavy atom. The number of nitrogens with zero attached hydrogens (tertiary/aromatic N) is 3. The minimum Gasteiger partial charge on any atom is -0.480 e. The molecule has 3 aromatic rings. The summed E-state index contributed by atoms with van der Waals surface area (Å²) in [5.74, 6) is -5.44. The fourth-order valence-electron chi connectivity index (χ4n) is 5.23. The smallest absolute Gasteiger partial charge is 0.325 e. The predicted molar refractivity (Wildman–Crippen MR) is 135 cm³/mol. The maximum Gasteiger partial charge on any atom is 0.325 e. The Morgan fingerprint density at radius 1 is 1.03 bits per heavy atom. The Kier molecular flexibility index (Phi) is 6.21. The van der Waals surface area contributed by atoms with Gasteiger partial charge in [-0.1, -0.05) is 29.8 Å². The van der Waals surface area contributed by atoms with Gasteiger partial charge in [0.1, 0.15) is 5.54 Å². The van der Waals surface area contributed by atoms with Gasteiger partial charge in [-0.05, 0) is 23.8 Å². The number of hydrogen-bond acceptors (Lipinski definition) is 9. The molecule has 0 aliphatic carbocycles. The van der Waals surface area contributed by atoms with Crippen LogP contribution in [0.3, 0.4) is 0 Å². The van der Waals surface area contributed by atoms with Gasteiger partial charge in [-0.2, -0.15) is 0 Å². The highest BCUT2D eigenvalue weighted by atomic mass is 35.5. The van der Waals surface area contributed by atoms with Crippen molar-refractivity contribution < 1.29 is 29.3 Å². The molecule has 2 aliphatic heterocycles. The van der Waals surface area contributed by atoms with E-state index in [4.69, 9.17) is 11.6 Å². The number of nitro groups is 2. The van der Waals surface area contributed by atoms with Crippen molar-refractivity contribution in [3.05, 3.63) is 95.7 Å². The largest absolute Gasteiger partial charge is 0.480 e. The van der Waals surface area contributed by atoms with E-state index in [9.17, 15) is 39.7 Å². The first-order chi connectivity index (χ1) is 18.0. The summed E-state index contributed by atoms with van der Waals surface area (Å²) in [4.78, 5) is 62.9. The molecule has 0 radical (unpaired) electrons. The van der Waals surface area contributed by atoms with Gasteiger partial charge < -0.3 is 5.11 Å². The molecule has 2 fully saturated rings. The van der Waals surface area contributed by atoms with E-state index in [1.807, 2.05) is 0 Å². The van der Waals surface area contributed by atoms with Crippen LogP contribution >= 0.6 is 22.9 Å². The number of carboxylic acids is 1. The molecule has 194 valence electrons. The number of non-ortho nitro benzene ring substituents is 2. The monoisotopic (exact) mass is 556 g/mol. The van der Waals surface area contributed by atoms with Gasteiger partial charge in [0, 0.05) is 35.6 Å². The van der Waals surface area contributed by atoms with Crippen molar-refractivity contribution in [2.45, 2.75) is 18.0 Å². The molecular weight excluding hydrogens is 540 g/mol. The molecule has 14 heteroatoms. The van der Waals surface area contributed by atoms with Crippen LogP contribution in [-0.4, -0.2) is 38.3 Å². The minimum absolute atomic E-state index is 0.0406. The Hall–Kier alpha value is -4.20. The summed E-state index contributed by atoms with van der Waals surface area (Å²) in [6.45, 7) is 0. The van der Waals surface area contributed by atoms with Gasteiger partial charge in [-0.15, -0.1) is 11.3 Å². The first-order valence-corrected chi connectivity index (χ1v) is 12.3. The van der Waals surface area contributed by atoms with E-state index in [0.29, 0.717) is 14.8 Å². The number of thiophene rings is 1. The molecule has 12 nitrogen and oxygen atoms in total. The summed E-state index contributed by atoms with van der Waals surface area (Å²) in [6, 6.07) is 12.6. The van der Waals surface area contributed by atoms with Crippen LogP contribution in [0, 0.1) is 32.1 Å². The molecule has 0 spiro atoms. The number of benzene rings is 2. The highest BCUT2D eigenvalue weighted by Gasteiger charge is 2.68. The highest BCUT2D eigenvalue weighted by molar-refractivity contribution is 7.16. The Morgan fingerprint density at radius 2 is 1.71 bits per heavy atom. The van der Waals surface area contributed by atoms with Gasteiger partial charge in [0.15, 0.2) is 0 Å². The Bertz CT molecular complexity index is 1510. The first-order valence-electron chi connectivity index (χ1n) is 11.2. The van der Waals surface area contributed by atoms with Crippen molar-refractivity contribution in [3.8, 4) is 0 Å². The summed E-state index contributed by atoms with van der Waals surface area (Å²) in [6.07, 6.45) is -0.265. The van der Waals surface area contributed by atoms with Crippen molar-refractivity contribution in [2.24, 2.45) is 11.8 Å². The third-order valence-corrected chi connectivity index (χ3v) is 8.18. The fraction of sp³-hybridized carbons (Fsp3) is 0.208. The maximum absolute atomic E-state index is 13.8. The summed E-state index contributed by atoms with van der Waals surface area (Å²) in [7, 11) is 0. The Balaban J connectivity index is 1.63. The third kappa shape index (κ3) is 4.00. The molecule has 38 heavy (non-hydrogen) atoms. The second-order valence-electron chi connectivity index (χ2n) is 8.93. The minimum atomic E-state index is -1.97. The van der Waals surface area contributed by atoms with Crippen LogP contribution in [0.4, 0.5) is 17.1 Å². The second-order valence-corrected chi connectivity index (χ2v) is 10.7. The number of carbonyl (C=O) groups is 3. The van der Waals surface area contributed by atoms with Crippen LogP contribution < -0.4 is 10.2 Å². The standard InChI is InChI=1S/C24H17ClN4O8S/c25-17-9-8-16(38-17)20-18-19(22(31)27(21(18)30)14-2-1-3-15(10-14)29(36)37)24(26-20,23(32)33)11-12-4-6-13(7-5-12)28(34)35/h1-10,18-20,26H,11H2,(H,32,33). The van der Waals surface area contributed by atoms with Crippen LogP contribution in [0.5, 0.6) is 0 Å². The molecule has 4 unspecified atom stereocenters. The van der Waals surface area contributed by atoms with Crippen molar-refractivity contribution in [2.75, 3.05) is 4.90 Å². The summed E-state index contributed by atoms with van der Waals surface area (Å²) < 4.78 is 0.397. The SMILES string of the molecule is O=C1C2C(c3ccc(Cl)s3)NC(Cc3ccc([N+](=O)[O-])cc3)(C(=O)O)C2C(=O)N1c1cccc([N+](=O)[O-])c1. The molecule has 2 aliphatic rings. The van der Waals surface area contributed by atoms with Gasteiger partial charge in [-0.25, -0.2) is 4.90 Å². The number of amides is 2. The van der Waals surface area contributed by atoms with Gasteiger partial charge in [-0.3, -0.25) is 39.9 Å². The van der Waals surface area contributed by atoms with Crippen LogP contribution in [0.1, 0.15) is 16.5 Å². The lowest BCUT2D eigenvalue weighted by atomic mass is 9.76. The van der Waals surface area contributed by atoms with Crippen molar-refractivity contribution in [3.63, 3.8) is 0 Å². The topological polar surface area (TPSA) is 173 Å². The molecule has 2 saturated heterocycles. The first kappa shape index (κ1) is 25.4. The molecule has 3 heterocycles. The Labute approximate surface area is 222 Å². The lowest BCUT2D eigenvalue weighted by Gasteiger charge is -2.31. The van der Waals surface area contributed by atoms with E-state index in [2.05, 4.69) is 5.32 Å². The van der Waals surface area contributed by atoms with E-state index in [-0.39, 0.29) is 23.5 Å². The highest BCUT2D eigenvalue weighted by Crippen LogP contribution is 2.52. The van der Waals surface area contributed by atoms with Crippen LogP contribution in [-0.2, 0) is 20.8 Å². The van der Waals surface area contributed by atoms with Crippen molar-refractivity contribution >= 4 is 57.8 Å². The van der Waals surface area contributed by atoms with E-state index in [1.165, 1.54) is 42.5 Å². The van der Waals surface area contributed by atoms with Crippen LogP contribution in [0.15, 0.2) is 60.7 Å². The number of halogens is 1. The zero-order valence-electron chi connectivity index (χ0n) is 19.1. The average molecular weight is 557 g/mol. The molecule has 4 atom stereocenters. The van der Waals surface area contributed by atoms with Crippen molar-refractivity contribution in [1.29, 1.82) is 0 Å². The lowest BCUT2D eigenvalue weighted by molar-refractivity contribution is -0.385. The zero-order chi connectivity index (χ0) is 27.4. The summed E-state index contributed by atoms with van der Waals surface area (Å²) in [5, 5.41) is 35.9. The molecule has 0 bridgehead atoms. The molecule has 0 saturated carbocycles. The van der Waals surface area contributed by atoms with E-state index < -0.39 is 51.0 Å². The molecule has 1 aromatic heterocycles. The summed E-state index contributed by atoms with van der Waals surface area (Å²) in [5.41, 5.74) is -2.14. The summed E-state index contributed by atoms with van der Waals surface area (Å²) >= 11 is 7.24. The number of nitrogens with one attached hydrogen (secondary N) is 1. The molecular formula is C24H17ClN4O8S. The molecule has 5 rings (SSSR count). The zero-order valence-corrected chi connectivity index (χ0v) is 20.7. The number of hydrogen-bond donors (Lipinski definition) is 2. The fourth-order valence-corrected chi connectivity index (χ4v) is 6.39. The number of nitro benzene ring substituents is 2. The quantitative estimate of drug-likeness (QED) is 0.249. The number of carboxylic acid groups (broad SMARTS) is 1. The van der Waals surface area contributed by atoms with Gasteiger partial charge in [0.2, 0.25) is 11.8 Å². The van der Waals surface area contributed by atoms with E-state index in [0.717, 1.165) is 22.3 Å². The molecule has 2 N–H and O–H groups in total.